The first kappa shape index (κ1) is 20.4. The molecule has 0 unspecified atom stereocenters. The quantitative estimate of drug-likeness (QED) is 0.726. The van der Waals surface area contributed by atoms with E-state index in [0.29, 0.717) is 13.0 Å². The fourth-order valence-corrected chi connectivity index (χ4v) is 6.28. The first-order chi connectivity index (χ1) is 13.9. The Morgan fingerprint density at radius 2 is 1.90 bits per heavy atom. The number of benzene rings is 1. The molecule has 1 aromatic carbocycles. The summed E-state index contributed by atoms with van der Waals surface area (Å²) in [6.07, 6.45) is 6.47. The second kappa shape index (κ2) is 8.11. The summed E-state index contributed by atoms with van der Waals surface area (Å²) in [5.41, 5.74) is 2.57. The summed E-state index contributed by atoms with van der Waals surface area (Å²) in [5, 5.41) is 1.26. The molecule has 2 saturated heterocycles. The molecular weight excluding hydrogens is 386 g/mol. The van der Waals surface area contributed by atoms with E-state index in [1.807, 2.05) is 4.90 Å². The summed E-state index contributed by atoms with van der Waals surface area (Å²) in [5.74, 6) is 0.00598. The fourth-order valence-electron chi connectivity index (χ4n) is 5.16. The van der Waals surface area contributed by atoms with Crippen LogP contribution in [0.4, 0.5) is 0 Å². The molecule has 2 aliphatic rings. The number of amides is 1. The maximum absolute atomic E-state index is 13.2. The largest absolute Gasteiger partial charge is 0.345 e. The van der Waals surface area contributed by atoms with Crippen LogP contribution in [0.1, 0.15) is 44.7 Å². The number of para-hydroxylation sites is 1. The van der Waals surface area contributed by atoms with Crippen molar-refractivity contribution in [2.24, 2.45) is 0 Å². The normalized spacial score (nSPS) is 23.3. The van der Waals surface area contributed by atoms with Crippen LogP contribution in [0.2, 0.25) is 0 Å². The Hall–Kier alpha value is -1.86. The summed E-state index contributed by atoms with van der Waals surface area (Å²) in [6, 6.07) is 10.4. The summed E-state index contributed by atoms with van der Waals surface area (Å²) in [4.78, 5) is 15.2. The van der Waals surface area contributed by atoms with E-state index >= 15 is 0 Å². The second-order valence-corrected chi connectivity index (χ2v) is 10.3. The van der Waals surface area contributed by atoms with E-state index in [1.54, 1.807) is 0 Å². The van der Waals surface area contributed by atoms with Crippen molar-refractivity contribution >= 4 is 26.8 Å². The van der Waals surface area contributed by atoms with Gasteiger partial charge in [0, 0.05) is 36.9 Å². The van der Waals surface area contributed by atoms with Crippen LogP contribution < -0.4 is 0 Å². The van der Waals surface area contributed by atoms with Crippen molar-refractivity contribution in [1.29, 1.82) is 0 Å². The average Bonchev–Trinajstić information content (AvgIpc) is 3.42. The zero-order valence-corrected chi connectivity index (χ0v) is 18.2. The molecule has 0 radical (unpaired) electrons. The number of nitrogens with zero attached hydrogens (tertiary/aromatic N) is 3. The molecule has 7 heteroatoms. The smallest absolute Gasteiger partial charge is 0.241 e. The zero-order valence-electron chi connectivity index (χ0n) is 17.4. The molecule has 4 rings (SSSR count). The molecule has 2 fully saturated rings. The van der Waals surface area contributed by atoms with Crippen LogP contribution in [0, 0.1) is 0 Å². The highest BCUT2D eigenvalue weighted by molar-refractivity contribution is 7.88. The van der Waals surface area contributed by atoms with Crippen LogP contribution in [0.25, 0.3) is 10.9 Å². The predicted molar refractivity (Wildman–Crippen MR) is 115 cm³/mol. The summed E-state index contributed by atoms with van der Waals surface area (Å²) in [7, 11) is -3.34. The molecule has 0 N–H and O–H groups in total. The first-order valence-electron chi connectivity index (χ1n) is 10.7. The Bertz CT molecular complexity index is 998. The van der Waals surface area contributed by atoms with Gasteiger partial charge < -0.3 is 9.47 Å². The Morgan fingerprint density at radius 3 is 2.66 bits per heavy atom. The summed E-state index contributed by atoms with van der Waals surface area (Å²) in [6.45, 7) is 4.31. The monoisotopic (exact) mass is 417 g/mol. The third kappa shape index (κ3) is 3.94. The predicted octanol–water partition coefficient (Wildman–Crippen LogP) is 3.01. The van der Waals surface area contributed by atoms with Crippen molar-refractivity contribution in [1.82, 2.24) is 13.8 Å². The van der Waals surface area contributed by atoms with Gasteiger partial charge in [-0.1, -0.05) is 18.2 Å². The van der Waals surface area contributed by atoms with E-state index in [0.717, 1.165) is 45.2 Å². The standard InChI is InChI=1S/C22H31N3O3S/c1-3-23-19(16-17-8-4-5-10-20(17)23)13-12-18-9-6-14-24(18)22(26)21-11-7-15-25(21)29(2,27)28/h4-5,8,10,16,18,21H,3,6-7,9,11-15H2,1-2H3/t18-,21+/m0/s1. The second-order valence-electron chi connectivity index (χ2n) is 8.34. The van der Waals surface area contributed by atoms with Crippen LogP contribution in [-0.2, 0) is 27.8 Å². The van der Waals surface area contributed by atoms with E-state index in [9.17, 15) is 13.2 Å². The number of carbonyl (C=O) groups excluding carboxylic acids is 1. The maximum atomic E-state index is 13.2. The van der Waals surface area contributed by atoms with Gasteiger partial charge in [0.1, 0.15) is 6.04 Å². The van der Waals surface area contributed by atoms with Gasteiger partial charge in [0.25, 0.3) is 0 Å². The highest BCUT2D eigenvalue weighted by Crippen LogP contribution is 2.29. The molecule has 6 nitrogen and oxygen atoms in total. The van der Waals surface area contributed by atoms with Crippen molar-refractivity contribution in [2.45, 2.75) is 64.1 Å². The number of sulfonamides is 1. The fraction of sp³-hybridized carbons (Fsp3) is 0.591. The molecular formula is C22H31N3O3S. The number of aromatic nitrogens is 1. The summed E-state index contributed by atoms with van der Waals surface area (Å²) < 4.78 is 27.9. The van der Waals surface area contributed by atoms with Crippen molar-refractivity contribution in [2.75, 3.05) is 19.3 Å². The van der Waals surface area contributed by atoms with Crippen LogP contribution >= 0.6 is 0 Å². The van der Waals surface area contributed by atoms with Crippen molar-refractivity contribution in [3.8, 4) is 0 Å². The Morgan fingerprint density at radius 1 is 1.14 bits per heavy atom. The number of hydrogen-bond acceptors (Lipinski definition) is 3. The highest BCUT2D eigenvalue weighted by Gasteiger charge is 2.41. The SMILES string of the molecule is CCn1c(CC[C@@H]2CCCN2C(=O)[C@H]2CCCN2S(C)(=O)=O)cc2ccccc21. The van der Waals surface area contributed by atoms with Gasteiger partial charge in [-0.05, 0) is 63.0 Å². The molecule has 3 heterocycles. The van der Waals surface area contributed by atoms with Gasteiger partial charge in [0.2, 0.25) is 15.9 Å². The van der Waals surface area contributed by atoms with E-state index < -0.39 is 16.1 Å². The maximum Gasteiger partial charge on any atom is 0.241 e. The molecule has 2 atom stereocenters. The summed E-state index contributed by atoms with van der Waals surface area (Å²) >= 11 is 0. The van der Waals surface area contributed by atoms with Gasteiger partial charge in [-0.25, -0.2) is 8.42 Å². The molecule has 0 aliphatic carbocycles. The lowest BCUT2D eigenvalue weighted by molar-refractivity contribution is -0.135. The third-order valence-electron chi connectivity index (χ3n) is 6.52. The highest BCUT2D eigenvalue weighted by atomic mass is 32.2. The Kier molecular flexibility index (Phi) is 5.71. The van der Waals surface area contributed by atoms with Gasteiger partial charge in [0.15, 0.2) is 0 Å². The Balaban J connectivity index is 1.48. The van der Waals surface area contributed by atoms with Crippen LogP contribution in [0.3, 0.4) is 0 Å². The minimum atomic E-state index is -3.34. The van der Waals surface area contributed by atoms with Gasteiger partial charge in [0.05, 0.1) is 6.26 Å². The minimum Gasteiger partial charge on any atom is -0.345 e. The Labute approximate surface area is 173 Å². The van der Waals surface area contributed by atoms with Gasteiger partial charge >= 0.3 is 0 Å². The first-order valence-corrected chi connectivity index (χ1v) is 12.6. The zero-order chi connectivity index (χ0) is 20.6. The van der Waals surface area contributed by atoms with Crippen molar-refractivity contribution < 1.29 is 13.2 Å². The number of likely N-dealkylation sites (tertiary alicyclic amines) is 1. The van der Waals surface area contributed by atoms with Gasteiger partial charge in [-0.2, -0.15) is 4.31 Å². The lowest BCUT2D eigenvalue weighted by Gasteiger charge is -2.30. The average molecular weight is 418 g/mol. The molecule has 158 valence electrons. The van der Waals surface area contributed by atoms with Crippen LogP contribution in [-0.4, -0.2) is 59.5 Å². The molecule has 0 bridgehead atoms. The number of rotatable bonds is 6. The molecule has 1 aromatic heterocycles. The molecule has 2 aromatic rings. The van der Waals surface area contributed by atoms with E-state index in [4.69, 9.17) is 0 Å². The molecule has 0 spiro atoms. The lowest BCUT2D eigenvalue weighted by Crippen LogP contribution is -2.49. The van der Waals surface area contributed by atoms with Gasteiger partial charge in [-0.3, -0.25) is 4.79 Å². The third-order valence-corrected chi connectivity index (χ3v) is 7.81. The van der Waals surface area contributed by atoms with E-state index in [-0.39, 0.29) is 11.9 Å². The lowest BCUT2D eigenvalue weighted by atomic mass is 10.1. The molecule has 1 amide bonds. The van der Waals surface area contributed by atoms with Crippen LogP contribution in [0.15, 0.2) is 30.3 Å². The number of hydrogen-bond donors (Lipinski definition) is 0. The van der Waals surface area contributed by atoms with Gasteiger partial charge in [-0.15, -0.1) is 0 Å². The van der Waals surface area contributed by atoms with E-state index in [1.165, 1.54) is 27.2 Å². The van der Waals surface area contributed by atoms with Crippen molar-refractivity contribution in [3.63, 3.8) is 0 Å². The minimum absolute atomic E-state index is 0.00598. The molecule has 29 heavy (non-hydrogen) atoms. The number of carbonyl (C=O) groups is 1. The number of fused-ring (bicyclic) bond motifs is 1. The molecule has 2 aliphatic heterocycles. The molecule has 0 saturated carbocycles. The van der Waals surface area contributed by atoms with E-state index in [2.05, 4.69) is 41.8 Å². The topological polar surface area (TPSA) is 62.6 Å². The van der Waals surface area contributed by atoms with Crippen molar-refractivity contribution in [3.05, 3.63) is 36.0 Å². The number of aryl methyl sites for hydroxylation is 2. The van der Waals surface area contributed by atoms with Crippen LogP contribution in [0.5, 0.6) is 0 Å².